The van der Waals surface area contributed by atoms with Crippen molar-refractivity contribution >= 4 is 13.6 Å². The molecule has 1 nitrogen and oxygen atoms in total. The van der Waals surface area contributed by atoms with Gasteiger partial charge in [0, 0.05) is 7.92 Å². The largest absolute Gasteiger partial charge is 2.00 e. The Balaban J connectivity index is 0. The number of benzene rings is 2. The number of hydrogen-bond acceptors (Lipinski definition) is 1. The van der Waals surface area contributed by atoms with Gasteiger partial charge >= 0.3 is 20.4 Å². The summed E-state index contributed by atoms with van der Waals surface area (Å²) in [5.74, 6) is 0. The molecule has 4 heteroatoms. The number of hydrogen-bond donors (Lipinski definition) is 1. The van der Waals surface area contributed by atoms with Gasteiger partial charge < -0.3 is 18.1 Å². The molecule has 2 aromatic rings. The van der Waals surface area contributed by atoms with Crippen molar-refractivity contribution in [2.75, 3.05) is 5.73 Å². The molecule has 0 radical (unpaired) electrons. The van der Waals surface area contributed by atoms with E-state index in [9.17, 15) is 0 Å². The molecule has 0 saturated heterocycles. The quantitative estimate of drug-likeness (QED) is 0.261. The van der Waals surface area contributed by atoms with Gasteiger partial charge in [0.2, 0.25) is 0 Å². The fraction of sp³-hybridized carbons (Fsp3) is 0.500. The summed E-state index contributed by atoms with van der Waals surface area (Å²) < 4.78 is 0. The standard InChI is InChI=1S/C12H10N.C12H27P.ClH.Pd/c13-12-9-5-4-8-11(12)10-6-2-1-3-7-10;1-10(2,3)13(11(4,5)6)12(7,8)9;;/h1-6,8-9H,13H2;1-9H3;1H;/q-1;;;+2. The Bertz CT molecular complexity index is 649. The van der Waals surface area contributed by atoms with Gasteiger partial charge in [-0.2, -0.15) is 0 Å². The van der Waals surface area contributed by atoms with E-state index < -0.39 is 7.92 Å². The number of rotatable bonds is 1. The predicted octanol–water partition coefficient (Wildman–Crippen LogP) is 4.33. The minimum Gasteiger partial charge on any atom is -1.00 e. The molecule has 0 spiro atoms. The summed E-state index contributed by atoms with van der Waals surface area (Å²) in [6, 6.07) is 18.8. The zero-order valence-corrected chi connectivity index (χ0v) is 22.2. The Morgan fingerprint density at radius 1 is 0.714 bits per heavy atom. The second-order valence-electron chi connectivity index (χ2n) is 9.99. The van der Waals surface area contributed by atoms with E-state index in [2.05, 4.69) is 68.4 Å². The van der Waals surface area contributed by atoms with Gasteiger partial charge in [0.25, 0.3) is 0 Å². The molecule has 0 atom stereocenters. The second kappa shape index (κ2) is 11.7. The van der Waals surface area contributed by atoms with Crippen molar-refractivity contribution in [1.82, 2.24) is 0 Å². The summed E-state index contributed by atoms with van der Waals surface area (Å²) in [5.41, 5.74) is 8.72. The van der Waals surface area contributed by atoms with Crippen LogP contribution in [0.4, 0.5) is 5.69 Å². The first-order chi connectivity index (χ1) is 11.7. The Morgan fingerprint density at radius 3 is 1.46 bits per heavy atom. The predicted molar refractivity (Wildman–Crippen MR) is 123 cm³/mol. The van der Waals surface area contributed by atoms with Crippen LogP contribution in [-0.2, 0) is 20.4 Å². The van der Waals surface area contributed by atoms with Crippen molar-refractivity contribution in [3.63, 3.8) is 0 Å². The Labute approximate surface area is 195 Å². The minimum atomic E-state index is -0.391. The van der Waals surface area contributed by atoms with Crippen LogP contribution >= 0.6 is 7.92 Å². The Kier molecular flexibility index (Phi) is 12.5. The number of halogens is 1. The van der Waals surface area contributed by atoms with E-state index in [0.717, 1.165) is 16.8 Å². The molecule has 0 aliphatic carbocycles. The van der Waals surface area contributed by atoms with E-state index in [1.165, 1.54) is 0 Å². The first-order valence-corrected chi connectivity index (χ1v) is 10.9. The zero-order valence-electron chi connectivity index (χ0n) is 18.9. The van der Waals surface area contributed by atoms with Gasteiger partial charge in [-0.15, -0.1) is 35.9 Å². The van der Waals surface area contributed by atoms with Crippen molar-refractivity contribution in [1.29, 1.82) is 0 Å². The first kappa shape index (κ1) is 29.8. The first-order valence-electron chi connectivity index (χ1n) is 9.44. The normalized spacial score (nSPS) is 11.6. The third kappa shape index (κ3) is 9.41. The van der Waals surface area contributed by atoms with E-state index >= 15 is 0 Å². The molecular weight excluding hydrogens is 475 g/mol. The molecule has 0 aliphatic heterocycles. The molecule has 0 aliphatic rings. The summed E-state index contributed by atoms with van der Waals surface area (Å²) in [6.45, 7) is 21.6. The molecule has 2 aromatic carbocycles. The van der Waals surface area contributed by atoms with Crippen LogP contribution in [-0.4, -0.2) is 15.5 Å². The molecule has 0 fully saturated rings. The molecule has 0 unspecified atom stereocenters. The summed E-state index contributed by atoms with van der Waals surface area (Å²) in [7, 11) is -0.391. The van der Waals surface area contributed by atoms with Crippen molar-refractivity contribution in [2.24, 2.45) is 0 Å². The summed E-state index contributed by atoms with van der Waals surface area (Å²) in [4.78, 5) is 0. The second-order valence-corrected chi connectivity index (χ2v) is 15.2. The van der Waals surface area contributed by atoms with E-state index in [1.54, 1.807) is 0 Å². The number of nitrogens with two attached hydrogens (primary N) is 1. The Morgan fingerprint density at radius 2 is 1.14 bits per heavy atom. The Hall–Kier alpha value is -0.378. The molecular formula is C24H38ClNPPd+. The van der Waals surface area contributed by atoms with Gasteiger partial charge in [-0.25, -0.2) is 0 Å². The van der Waals surface area contributed by atoms with Gasteiger partial charge in [0.15, 0.2) is 0 Å². The van der Waals surface area contributed by atoms with Crippen LogP contribution in [0.15, 0.2) is 48.5 Å². The van der Waals surface area contributed by atoms with Crippen LogP contribution in [0.3, 0.4) is 0 Å². The number of nitrogen functional groups attached to an aromatic ring is 1. The van der Waals surface area contributed by atoms with Gasteiger partial charge in [0.1, 0.15) is 0 Å². The van der Waals surface area contributed by atoms with Crippen LogP contribution in [0.25, 0.3) is 11.1 Å². The van der Waals surface area contributed by atoms with Crippen molar-refractivity contribution in [3.05, 3.63) is 54.6 Å². The average Bonchev–Trinajstić information content (AvgIpc) is 2.44. The van der Waals surface area contributed by atoms with Crippen LogP contribution in [0, 0.1) is 6.07 Å². The van der Waals surface area contributed by atoms with E-state index in [1.807, 2.05) is 48.5 Å². The van der Waals surface area contributed by atoms with E-state index in [-0.39, 0.29) is 32.8 Å². The fourth-order valence-corrected chi connectivity index (χ4v) is 11.4. The molecule has 0 amide bonds. The third-order valence-electron chi connectivity index (χ3n) is 4.21. The topological polar surface area (TPSA) is 26.0 Å². The maximum atomic E-state index is 5.83. The number of para-hydroxylation sites is 1. The smallest absolute Gasteiger partial charge is 1.00 e. The SMILES string of the molecule is CC(C)(C)[PH+](C(C)(C)C)C(C)(C)C.Nc1ccccc1-c1[c-]cccc1.[Cl-].[Pd+2]. The van der Waals surface area contributed by atoms with Crippen LogP contribution in [0.5, 0.6) is 0 Å². The van der Waals surface area contributed by atoms with Gasteiger partial charge in [-0.1, -0.05) is 23.8 Å². The van der Waals surface area contributed by atoms with Crippen molar-refractivity contribution in [3.8, 4) is 11.1 Å². The van der Waals surface area contributed by atoms with Gasteiger partial charge in [0.05, 0.1) is 15.5 Å². The fourth-order valence-electron chi connectivity index (χ4n) is 4.68. The maximum Gasteiger partial charge on any atom is 2.00 e. The monoisotopic (exact) mass is 512 g/mol. The maximum absolute atomic E-state index is 5.83. The summed E-state index contributed by atoms with van der Waals surface area (Å²) in [6.07, 6.45) is 0. The summed E-state index contributed by atoms with van der Waals surface area (Å²) in [5, 5.41) is 1.46. The molecule has 2 N–H and O–H groups in total. The molecule has 0 aromatic heterocycles. The van der Waals surface area contributed by atoms with Crippen LogP contribution in [0.2, 0.25) is 0 Å². The third-order valence-corrected chi connectivity index (χ3v) is 8.71. The van der Waals surface area contributed by atoms with E-state index in [4.69, 9.17) is 5.73 Å². The van der Waals surface area contributed by atoms with Crippen molar-refractivity contribution < 1.29 is 32.8 Å². The minimum absolute atomic E-state index is 0. The van der Waals surface area contributed by atoms with E-state index in [0.29, 0.717) is 15.5 Å². The molecule has 0 bridgehead atoms. The molecule has 160 valence electrons. The molecule has 0 saturated carbocycles. The average molecular weight is 513 g/mol. The molecule has 28 heavy (non-hydrogen) atoms. The molecule has 2 rings (SSSR count). The molecule has 0 heterocycles. The van der Waals surface area contributed by atoms with Gasteiger partial charge in [-0.3, -0.25) is 0 Å². The van der Waals surface area contributed by atoms with Crippen molar-refractivity contribution in [2.45, 2.75) is 77.8 Å². The zero-order chi connectivity index (χ0) is 20.2. The summed E-state index contributed by atoms with van der Waals surface area (Å²) >= 11 is 0. The van der Waals surface area contributed by atoms with Gasteiger partial charge in [-0.05, 0) is 74.1 Å². The number of anilines is 1. The van der Waals surface area contributed by atoms with Crippen LogP contribution in [0.1, 0.15) is 62.3 Å². The van der Waals surface area contributed by atoms with Crippen LogP contribution < -0.4 is 18.1 Å².